The van der Waals surface area contributed by atoms with Gasteiger partial charge in [-0.25, -0.2) is 4.79 Å². The Balaban J connectivity index is 1.82. The van der Waals surface area contributed by atoms with Gasteiger partial charge in [-0.1, -0.05) is 28.1 Å². The van der Waals surface area contributed by atoms with Gasteiger partial charge in [0.15, 0.2) is 0 Å². The number of amides is 2. The molecule has 0 atom stereocenters. The minimum Gasteiger partial charge on any atom is -0.334 e. The minimum atomic E-state index is -0.187. The lowest BCUT2D eigenvalue weighted by Gasteiger charge is -2.10. The van der Waals surface area contributed by atoms with Gasteiger partial charge in [-0.2, -0.15) is 0 Å². The quantitative estimate of drug-likeness (QED) is 0.902. The first-order valence-corrected chi connectivity index (χ1v) is 7.10. The molecule has 2 aromatic rings. The molecular weight excluding hydrogens is 318 g/mol. The Bertz CT molecular complexity index is 587. The lowest BCUT2D eigenvalue weighted by molar-refractivity contribution is 0.240. The molecule has 1 aromatic heterocycles. The highest BCUT2D eigenvalue weighted by Gasteiger charge is 2.03. The van der Waals surface area contributed by atoms with Crippen LogP contribution in [0.15, 0.2) is 47.2 Å². The van der Waals surface area contributed by atoms with Crippen LogP contribution in [0.3, 0.4) is 0 Å². The summed E-state index contributed by atoms with van der Waals surface area (Å²) in [6.45, 7) is 3.00. The first kappa shape index (κ1) is 14.5. The maximum atomic E-state index is 11.7. The number of nitrogens with zero attached hydrogens (tertiary/aromatic N) is 1. The van der Waals surface area contributed by atoms with Crippen molar-refractivity contribution in [1.82, 2.24) is 15.6 Å². The summed E-state index contributed by atoms with van der Waals surface area (Å²) in [7, 11) is 0. The number of pyridine rings is 1. The van der Waals surface area contributed by atoms with Crippen LogP contribution >= 0.6 is 15.9 Å². The Morgan fingerprint density at radius 2 is 2.05 bits per heavy atom. The van der Waals surface area contributed by atoms with Crippen LogP contribution in [0, 0.1) is 6.92 Å². The zero-order valence-electron chi connectivity index (χ0n) is 11.2. The maximum Gasteiger partial charge on any atom is 0.315 e. The fourth-order valence-electron chi connectivity index (χ4n) is 1.75. The summed E-state index contributed by atoms with van der Waals surface area (Å²) in [5.74, 6) is 0. The van der Waals surface area contributed by atoms with Crippen LogP contribution in [0.2, 0.25) is 0 Å². The predicted octanol–water partition coefficient (Wildman–Crippen LogP) is 3.15. The van der Waals surface area contributed by atoms with Gasteiger partial charge in [-0.05, 0) is 41.8 Å². The minimum absolute atomic E-state index is 0.187. The molecule has 5 heteroatoms. The second-order valence-electron chi connectivity index (χ2n) is 4.47. The smallest absolute Gasteiger partial charge is 0.315 e. The van der Waals surface area contributed by atoms with Gasteiger partial charge in [0.2, 0.25) is 0 Å². The molecule has 2 N–H and O–H groups in total. The molecule has 0 aliphatic carbocycles. The van der Waals surface area contributed by atoms with Crippen molar-refractivity contribution < 1.29 is 4.79 Å². The Morgan fingerprint density at radius 3 is 2.80 bits per heavy atom. The van der Waals surface area contributed by atoms with E-state index in [1.165, 1.54) is 0 Å². The van der Waals surface area contributed by atoms with Gasteiger partial charge in [0.25, 0.3) is 0 Å². The number of carbonyl (C=O) groups excluding carboxylic acids is 1. The van der Waals surface area contributed by atoms with Crippen molar-refractivity contribution in [1.29, 1.82) is 0 Å². The third kappa shape index (κ3) is 4.35. The van der Waals surface area contributed by atoms with Crippen molar-refractivity contribution >= 4 is 22.0 Å². The Kier molecular flexibility index (Phi) is 5.12. The van der Waals surface area contributed by atoms with E-state index >= 15 is 0 Å². The van der Waals surface area contributed by atoms with E-state index in [-0.39, 0.29) is 6.03 Å². The lowest BCUT2D eigenvalue weighted by atomic mass is 10.1. The summed E-state index contributed by atoms with van der Waals surface area (Å²) in [6.07, 6.45) is 3.44. The molecule has 0 aliphatic heterocycles. The van der Waals surface area contributed by atoms with E-state index < -0.39 is 0 Å². The van der Waals surface area contributed by atoms with Gasteiger partial charge in [0.1, 0.15) is 0 Å². The molecule has 0 saturated carbocycles. The summed E-state index contributed by atoms with van der Waals surface area (Å²) < 4.78 is 1.01. The average Bonchev–Trinajstić information content (AvgIpc) is 2.47. The Hall–Kier alpha value is -1.88. The fourth-order valence-corrected chi connectivity index (χ4v) is 2.16. The Labute approximate surface area is 126 Å². The molecule has 2 rings (SSSR count). The van der Waals surface area contributed by atoms with Crippen LogP contribution in [0.1, 0.15) is 16.7 Å². The summed E-state index contributed by atoms with van der Waals surface area (Å²) >= 11 is 3.43. The first-order chi connectivity index (χ1) is 9.65. The number of halogens is 1. The molecule has 0 fully saturated rings. The van der Waals surface area contributed by atoms with Crippen molar-refractivity contribution in [2.75, 3.05) is 0 Å². The van der Waals surface area contributed by atoms with Crippen molar-refractivity contribution in [3.8, 4) is 0 Å². The van der Waals surface area contributed by atoms with Gasteiger partial charge in [-0.3, -0.25) is 4.98 Å². The highest BCUT2D eigenvalue weighted by Crippen LogP contribution is 2.15. The molecular formula is C15H16BrN3O. The second-order valence-corrected chi connectivity index (χ2v) is 5.38. The number of nitrogens with one attached hydrogen (secondary N) is 2. The van der Waals surface area contributed by atoms with Crippen molar-refractivity contribution in [3.05, 3.63) is 63.9 Å². The SMILES string of the molecule is Cc1ccc(Br)cc1CNC(=O)NCc1cccnc1. The van der Waals surface area contributed by atoms with Crippen LogP contribution in [0.4, 0.5) is 4.79 Å². The van der Waals surface area contributed by atoms with Crippen molar-refractivity contribution in [2.24, 2.45) is 0 Å². The number of carbonyl (C=O) groups is 1. The molecule has 0 spiro atoms. The monoisotopic (exact) mass is 333 g/mol. The van der Waals surface area contributed by atoms with E-state index in [2.05, 4.69) is 31.5 Å². The molecule has 1 heterocycles. The number of rotatable bonds is 4. The molecule has 0 saturated heterocycles. The maximum absolute atomic E-state index is 11.7. The molecule has 104 valence electrons. The summed E-state index contributed by atoms with van der Waals surface area (Å²) in [6, 6.07) is 9.60. The molecule has 2 amide bonds. The van der Waals surface area contributed by atoms with Gasteiger partial charge in [-0.15, -0.1) is 0 Å². The van der Waals surface area contributed by atoms with Crippen molar-refractivity contribution in [3.63, 3.8) is 0 Å². The summed E-state index contributed by atoms with van der Waals surface area (Å²) in [5.41, 5.74) is 3.22. The van der Waals surface area contributed by atoms with Crippen LogP contribution in [0.25, 0.3) is 0 Å². The van der Waals surface area contributed by atoms with Gasteiger partial charge < -0.3 is 10.6 Å². The normalized spacial score (nSPS) is 10.1. The number of urea groups is 1. The molecule has 20 heavy (non-hydrogen) atoms. The third-order valence-electron chi connectivity index (χ3n) is 2.93. The molecule has 0 bridgehead atoms. The molecule has 4 nitrogen and oxygen atoms in total. The summed E-state index contributed by atoms with van der Waals surface area (Å²) in [5, 5.41) is 5.65. The number of aryl methyl sites for hydroxylation is 1. The van der Waals surface area contributed by atoms with E-state index in [1.54, 1.807) is 12.4 Å². The zero-order valence-corrected chi connectivity index (χ0v) is 12.8. The number of hydrogen-bond acceptors (Lipinski definition) is 2. The van der Waals surface area contributed by atoms with Crippen LogP contribution in [0.5, 0.6) is 0 Å². The van der Waals surface area contributed by atoms with Gasteiger partial charge in [0.05, 0.1) is 0 Å². The van der Waals surface area contributed by atoms with E-state index in [9.17, 15) is 4.79 Å². The highest BCUT2D eigenvalue weighted by atomic mass is 79.9. The van der Waals surface area contributed by atoms with Crippen LogP contribution in [-0.4, -0.2) is 11.0 Å². The third-order valence-corrected chi connectivity index (χ3v) is 3.42. The highest BCUT2D eigenvalue weighted by molar-refractivity contribution is 9.10. The number of benzene rings is 1. The topological polar surface area (TPSA) is 54.0 Å². The van der Waals surface area contributed by atoms with Crippen molar-refractivity contribution in [2.45, 2.75) is 20.0 Å². The molecule has 0 radical (unpaired) electrons. The van der Waals surface area contributed by atoms with E-state index in [0.29, 0.717) is 13.1 Å². The predicted molar refractivity (Wildman–Crippen MR) is 82.2 cm³/mol. The number of hydrogen-bond donors (Lipinski definition) is 2. The van der Waals surface area contributed by atoms with E-state index in [4.69, 9.17) is 0 Å². The first-order valence-electron chi connectivity index (χ1n) is 6.31. The fraction of sp³-hybridized carbons (Fsp3) is 0.200. The van der Waals surface area contributed by atoms with Crippen LogP contribution in [-0.2, 0) is 13.1 Å². The van der Waals surface area contributed by atoms with E-state index in [1.807, 2.05) is 37.3 Å². The standard InChI is InChI=1S/C15H16BrN3O/c1-11-4-5-14(16)7-13(11)10-19-15(20)18-9-12-3-2-6-17-8-12/h2-8H,9-10H2,1H3,(H2,18,19,20). The van der Waals surface area contributed by atoms with E-state index in [0.717, 1.165) is 21.2 Å². The lowest BCUT2D eigenvalue weighted by Crippen LogP contribution is -2.34. The largest absolute Gasteiger partial charge is 0.334 e. The number of aromatic nitrogens is 1. The molecule has 0 unspecified atom stereocenters. The zero-order chi connectivity index (χ0) is 14.4. The molecule has 1 aromatic carbocycles. The Morgan fingerprint density at radius 1 is 1.25 bits per heavy atom. The second kappa shape index (κ2) is 7.05. The summed E-state index contributed by atoms with van der Waals surface area (Å²) in [4.78, 5) is 15.7. The average molecular weight is 334 g/mol. The van der Waals surface area contributed by atoms with Crippen LogP contribution < -0.4 is 10.6 Å². The molecule has 0 aliphatic rings. The van der Waals surface area contributed by atoms with Gasteiger partial charge in [0, 0.05) is 30.0 Å². The van der Waals surface area contributed by atoms with Gasteiger partial charge >= 0.3 is 6.03 Å².